The summed E-state index contributed by atoms with van der Waals surface area (Å²) in [5.74, 6) is -0.501. The van der Waals surface area contributed by atoms with Crippen LogP contribution in [0.1, 0.15) is 34.8 Å². The van der Waals surface area contributed by atoms with Crippen molar-refractivity contribution < 1.29 is 14.6 Å². The van der Waals surface area contributed by atoms with E-state index in [1.165, 1.54) is 0 Å². The minimum Gasteiger partial charge on any atom is -0.545 e. The maximum Gasteiger partial charge on any atom is 0.168 e. The highest BCUT2D eigenvalue weighted by molar-refractivity contribution is 5.97. The Bertz CT molecular complexity index is 787. The zero-order chi connectivity index (χ0) is 17.2. The van der Waals surface area contributed by atoms with Crippen LogP contribution < -0.4 is 14.4 Å². The first-order valence-electron chi connectivity index (χ1n) is 8.01. The van der Waals surface area contributed by atoms with Crippen molar-refractivity contribution in [1.29, 1.82) is 0 Å². The molecule has 0 bridgehead atoms. The molecule has 5 heteroatoms. The molecule has 0 saturated heterocycles. The molecule has 1 aliphatic heterocycles. The summed E-state index contributed by atoms with van der Waals surface area (Å²) in [6, 6.07) is 12.9. The molecular formula is C19H20N2O3. The molecule has 3 rings (SSSR count). The predicted octanol–water partition coefficient (Wildman–Crippen LogP) is 2.32. The molecule has 0 N–H and O–H groups in total. The summed E-state index contributed by atoms with van der Waals surface area (Å²) in [6.07, 6.45) is 2.71. The van der Waals surface area contributed by atoms with E-state index in [2.05, 4.69) is 12.0 Å². The number of rotatable bonds is 6. The summed E-state index contributed by atoms with van der Waals surface area (Å²) in [6.45, 7) is 3.13. The molecule has 1 unspecified atom stereocenters. The van der Waals surface area contributed by atoms with Crippen LogP contribution in [-0.4, -0.2) is 25.8 Å². The fourth-order valence-corrected chi connectivity index (χ4v) is 3.02. The van der Waals surface area contributed by atoms with E-state index >= 15 is 0 Å². The van der Waals surface area contributed by atoms with Crippen LogP contribution in [-0.2, 0) is 6.61 Å². The van der Waals surface area contributed by atoms with Crippen LogP contribution in [0.3, 0.4) is 0 Å². The third-order valence-corrected chi connectivity index (χ3v) is 4.24. The standard InChI is InChI=1S/C19H20N2O3/c1-3-9-21(2)18-11-15(13-24-16-7-5-4-6-8-16)17(19(22)23)10-14(18)12-20-21/h4-8,10-12H,3,9,13H2,1-2H3. The van der Waals surface area contributed by atoms with Crippen LogP contribution in [0.2, 0.25) is 0 Å². The highest BCUT2D eigenvalue weighted by atomic mass is 16.5. The zero-order valence-electron chi connectivity index (χ0n) is 13.9. The maximum atomic E-state index is 11.5. The number of benzene rings is 2. The lowest BCUT2D eigenvalue weighted by molar-refractivity contribution is -0.255. The average molecular weight is 324 g/mol. The van der Waals surface area contributed by atoms with Gasteiger partial charge < -0.3 is 14.6 Å². The minimum atomic E-state index is -1.20. The first-order valence-corrected chi connectivity index (χ1v) is 8.01. The van der Waals surface area contributed by atoms with Gasteiger partial charge in [0.15, 0.2) is 5.69 Å². The molecular weight excluding hydrogens is 304 g/mol. The van der Waals surface area contributed by atoms with Crippen molar-refractivity contribution in [2.45, 2.75) is 20.0 Å². The Hall–Kier alpha value is -2.66. The average Bonchev–Trinajstić information content (AvgIpc) is 2.90. The summed E-state index contributed by atoms with van der Waals surface area (Å²) >= 11 is 0. The molecule has 0 radical (unpaired) electrons. The largest absolute Gasteiger partial charge is 0.545 e. The molecule has 2 aromatic carbocycles. The summed E-state index contributed by atoms with van der Waals surface area (Å²) in [7, 11) is 2.02. The van der Waals surface area contributed by atoms with Crippen molar-refractivity contribution in [2.75, 3.05) is 13.6 Å². The Morgan fingerprint density at radius 1 is 1.25 bits per heavy atom. The Morgan fingerprint density at radius 2 is 2.00 bits per heavy atom. The topological polar surface area (TPSA) is 61.7 Å². The zero-order valence-corrected chi connectivity index (χ0v) is 13.9. The molecule has 0 spiro atoms. The van der Waals surface area contributed by atoms with Crippen LogP contribution in [0.5, 0.6) is 5.75 Å². The number of aromatic carboxylic acids is 1. The number of hydrogen-bond acceptors (Lipinski definition) is 4. The van der Waals surface area contributed by atoms with Gasteiger partial charge in [0.05, 0.1) is 24.8 Å². The number of hydrogen-bond donors (Lipinski definition) is 0. The number of para-hydroxylation sites is 1. The second-order valence-electron chi connectivity index (χ2n) is 6.06. The smallest absolute Gasteiger partial charge is 0.168 e. The molecule has 1 heterocycles. The number of nitrogens with zero attached hydrogens (tertiary/aromatic N) is 2. The number of carboxylic acids is 1. The normalized spacial score (nSPS) is 18.4. The highest BCUT2D eigenvalue weighted by Crippen LogP contribution is 2.34. The SMILES string of the molecule is CCC[N+]1(C)N=Cc2cc(C(=O)[O-])c(COc3ccccc3)cc21. The first kappa shape index (κ1) is 16.2. The molecule has 124 valence electrons. The second-order valence-corrected chi connectivity index (χ2v) is 6.06. The third kappa shape index (κ3) is 3.03. The summed E-state index contributed by atoms with van der Waals surface area (Å²) in [4.78, 5) is 11.5. The molecule has 1 atom stereocenters. The van der Waals surface area contributed by atoms with Crippen LogP contribution in [0.15, 0.2) is 47.6 Å². The van der Waals surface area contributed by atoms with E-state index in [0.717, 1.165) is 24.2 Å². The number of fused-ring (bicyclic) bond motifs is 1. The molecule has 2 aromatic rings. The van der Waals surface area contributed by atoms with E-state index in [1.54, 1.807) is 12.3 Å². The second kappa shape index (κ2) is 6.45. The van der Waals surface area contributed by atoms with Crippen molar-refractivity contribution in [3.63, 3.8) is 0 Å². The molecule has 0 aromatic heterocycles. The number of quaternary nitrogens is 1. The lowest BCUT2D eigenvalue weighted by Gasteiger charge is -2.25. The number of carbonyl (C=O) groups is 1. The van der Waals surface area contributed by atoms with Crippen molar-refractivity contribution >= 4 is 17.9 Å². The Kier molecular flexibility index (Phi) is 4.36. The third-order valence-electron chi connectivity index (χ3n) is 4.24. The molecule has 24 heavy (non-hydrogen) atoms. The Balaban J connectivity index is 1.95. The lowest BCUT2D eigenvalue weighted by Crippen LogP contribution is -2.38. The van der Waals surface area contributed by atoms with Gasteiger partial charge >= 0.3 is 0 Å². The van der Waals surface area contributed by atoms with Gasteiger partial charge in [0.25, 0.3) is 0 Å². The van der Waals surface area contributed by atoms with E-state index < -0.39 is 5.97 Å². The summed E-state index contributed by atoms with van der Waals surface area (Å²) in [5.41, 5.74) is 2.58. The number of carbonyl (C=O) groups excluding carboxylic acids is 1. The van der Waals surface area contributed by atoms with Crippen LogP contribution in [0.25, 0.3) is 0 Å². The van der Waals surface area contributed by atoms with Crippen molar-refractivity contribution in [3.05, 3.63) is 59.2 Å². The van der Waals surface area contributed by atoms with E-state index in [0.29, 0.717) is 15.9 Å². The maximum absolute atomic E-state index is 11.5. The van der Waals surface area contributed by atoms with Gasteiger partial charge in [-0.25, -0.2) is 0 Å². The fourth-order valence-electron chi connectivity index (χ4n) is 3.02. The molecule has 0 aliphatic carbocycles. The van der Waals surface area contributed by atoms with E-state index in [1.807, 2.05) is 43.4 Å². The van der Waals surface area contributed by atoms with Gasteiger partial charge in [-0.3, -0.25) is 0 Å². The van der Waals surface area contributed by atoms with Crippen molar-refractivity contribution in [3.8, 4) is 5.75 Å². The number of ether oxygens (including phenoxy) is 1. The van der Waals surface area contributed by atoms with E-state index in [9.17, 15) is 9.90 Å². The van der Waals surface area contributed by atoms with Crippen LogP contribution >= 0.6 is 0 Å². The van der Waals surface area contributed by atoms with E-state index in [-0.39, 0.29) is 12.2 Å². The molecule has 5 nitrogen and oxygen atoms in total. The van der Waals surface area contributed by atoms with Gasteiger partial charge in [-0.05, 0) is 24.6 Å². The van der Waals surface area contributed by atoms with Gasteiger partial charge in [-0.15, -0.1) is 0 Å². The Morgan fingerprint density at radius 3 is 2.67 bits per heavy atom. The molecule has 0 amide bonds. The van der Waals surface area contributed by atoms with Gasteiger partial charge in [-0.1, -0.05) is 30.2 Å². The van der Waals surface area contributed by atoms with Crippen molar-refractivity contribution in [1.82, 2.24) is 4.59 Å². The quantitative estimate of drug-likeness (QED) is 0.766. The minimum absolute atomic E-state index is 0.154. The van der Waals surface area contributed by atoms with Crippen LogP contribution in [0.4, 0.5) is 5.69 Å². The molecule has 0 saturated carbocycles. The summed E-state index contributed by atoms with van der Waals surface area (Å²) in [5, 5.41) is 16.0. The highest BCUT2D eigenvalue weighted by Gasteiger charge is 2.33. The number of carboxylic acid groups (broad SMARTS) is 1. The lowest BCUT2D eigenvalue weighted by atomic mass is 10.0. The monoisotopic (exact) mass is 324 g/mol. The van der Waals surface area contributed by atoms with Crippen molar-refractivity contribution in [2.24, 2.45) is 5.10 Å². The first-order chi connectivity index (χ1) is 11.5. The molecule has 0 fully saturated rings. The van der Waals surface area contributed by atoms with Crippen LogP contribution in [0, 0.1) is 0 Å². The van der Waals surface area contributed by atoms with Gasteiger partial charge in [0, 0.05) is 17.2 Å². The summed E-state index contributed by atoms with van der Waals surface area (Å²) < 4.78 is 6.16. The van der Waals surface area contributed by atoms with Gasteiger partial charge in [0.1, 0.15) is 18.9 Å². The predicted molar refractivity (Wildman–Crippen MR) is 92.0 cm³/mol. The molecule has 1 aliphatic rings. The fraction of sp³-hybridized carbons (Fsp3) is 0.263. The van der Waals surface area contributed by atoms with E-state index in [4.69, 9.17) is 4.74 Å². The Labute approximate surface area is 141 Å². The van der Waals surface area contributed by atoms with Gasteiger partial charge in [-0.2, -0.15) is 4.59 Å². The van der Waals surface area contributed by atoms with Gasteiger partial charge in [0.2, 0.25) is 0 Å².